The van der Waals surface area contributed by atoms with Gasteiger partial charge in [0.25, 0.3) is 0 Å². The van der Waals surface area contributed by atoms with Gasteiger partial charge in [0, 0.05) is 36.8 Å². The first-order valence-corrected chi connectivity index (χ1v) is 6.16. The molecule has 1 heterocycles. The smallest absolute Gasteiger partial charge is 0.132 e. The van der Waals surface area contributed by atoms with Gasteiger partial charge in [-0.25, -0.2) is 13.2 Å². The normalized spacial score (nSPS) is 17.9. The number of halogens is 5. The van der Waals surface area contributed by atoms with Crippen molar-refractivity contribution in [2.75, 3.05) is 32.9 Å². The molecule has 0 saturated carbocycles. The van der Waals surface area contributed by atoms with Crippen molar-refractivity contribution in [3.8, 4) is 0 Å². The second-order valence-corrected chi connectivity index (χ2v) is 4.68. The number of nitrogens with one attached hydrogen (secondary N) is 1. The third-order valence-corrected chi connectivity index (χ3v) is 3.33. The molecule has 1 atom stereocenters. The van der Waals surface area contributed by atoms with E-state index in [1.54, 1.807) is 4.90 Å². The summed E-state index contributed by atoms with van der Waals surface area (Å²) in [6.07, 6.45) is 0. The zero-order valence-corrected chi connectivity index (χ0v) is 11.7. The standard InChI is InChI=1S/C12H14ClF3N2.ClH/c13-8-5-9(15)12(10(16)6-8)11(7-14)18-3-1-17-2-4-18;/h5-6,11,17H,1-4,7H2;1H/t11-;/m0./s1. The first-order chi connectivity index (χ1) is 8.63. The van der Waals surface area contributed by atoms with Crippen LogP contribution in [0.25, 0.3) is 0 Å². The minimum Gasteiger partial charge on any atom is -0.314 e. The van der Waals surface area contributed by atoms with E-state index in [1.807, 2.05) is 0 Å². The van der Waals surface area contributed by atoms with Crippen LogP contribution in [0, 0.1) is 11.6 Å². The van der Waals surface area contributed by atoms with Crippen molar-refractivity contribution in [3.63, 3.8) is 0 Å². The van der Waals surface area contributed by atoms with E-state index in [9.17, 15) is 13.2 Å². The lowest BCUT2D eigenvalue weighted by atomic mass is 10.0. The Bertz CT molecular complexity index is 402. The Morgan fingerprint density at radius 1 is 1.21 bits per heavy atom. The van der Waals surface area contributed by atoms with Gasteiger partial charge in [-0.15, -0.1) is 12.4 Å². The predicted molar refractivity (Wildman–Crippen MR) is 71.8 cm³/mol. The molecular formula is C12H15Cl2F3N2. The average molecular weight is 315 g/mol. The van der Waals surface area contributed by atoms with Gasteiger partial charge in [0.2, 0.25) is 0 Å². The Kier molecular flexibility index (Phi) is 6.39. The molecule has 1 aliphatic heterocycles. The van der Waals surface area contributed by atoms with E-state index in [0.717, 1.165) is 12.1 Å². The first-order valence-electron chi connectivity index (χ1n) is 5.78. The zero-order valence-electron chi connectivity index (χ0n) is 10.1. The molecule has 19 heavy (non-hydrogen) atoms. The summed E-state index contributed by atoms with van der Waals surface area (Å²) in [5.41, 5.74) is -0.233. The Balaban J connectivity index is 0.00000180. The second-order valence-electron chi connectivity index (χ2n) is 4.24. The summed E-state index contributed by atoms with van der Waals surface area (Å²) in [5.74, 6) is -1.58. The molecule has 1 N–H and O–H groups in total. The monoisotopic (exact) mass is 314 g/mol. The number of hydrogen-bond donors (Lipinski definition) is 1. The van der Waals surface area contributed by atoms with Gasteiger partial charge in [-0.1, -0.05) is 11.6 Å². The molecule has 0 amide bonds. The largest absolute Gasteiger partial charge is 0.314 e. The molecule has 2 rings (SSSR count). The minimum atomic E-state index is -0.885. The summed E-state index contributed by atoms with van der Waals surface area (Å²) in [6.45, 7) is 1.68. The van der Waals surface area contributed by atoms with Crippen molar-refractivity contribution in [3.05, 3.63) is 34.4 Å². The average Bonchev–Trinajstić information content (AvgIpc) is 2.34. The fraction of sp³-hybridized carbons (Fsp3) is 0.500. The lowest BCUT2D eigenvalue weighted by Gasteiger charge is -2.33. The Hall–Kier alpha value is -0.490. The predicted octanol–water partition coefficient (Wildman–Crippen LogP) is 2.96. The SMILES string of the molecule is Cl.FC[C@@H](c1c(F)cc(Cl)cc1F)N1CCNCC1. The Labute approximate surface area is 121 Å². The molecule has 1 aromatic rings. The molecule has 0 aromatic heterocycles. The Morgan fingerprint density at radius 3 is 2.21 bits per heavy atom. The fourth-order valence-corrected chi connectivity index (χ4v) is 2.41. The Morgan fingerprint density at radius 2 is 1.74 bits per heavy atom. The van der Waals surface area contributed by atoms with E-state index in [-0.39, 0.29) is 23.0 Å². The van der Waals surface area contributed by atoms with Crippen molar-refractivity contribution >= 4 is 24.0 Å². The van der Waals surface area contributed by atoms with Crippen molar-refractivity contribution in [2.24, 2.45) is 0 Å². The van der Waals surface area contributed by atoms with Crippen molar-refractivity contribution in [1.82, 2.24) is 10.2 Å². The fourth-order valence-electron chi connectivity index (χ4n) is 2.22. The van der Waals surface area contributed by atoms with Crippen LogP contribution in [0.5, 0.6) is 0 Å². The molecule has 0 bridgehead atoms. The number of alkyl halides is 1. The molecular weight excluding hydrogens is 300 g/mol. The van der Waals surface area contributed by atoms with Gasteiger partial charge in [0.15, 0.2) is 0 Å². The highest BCUT2D eigenvalue weighted by Gasteiger charge is 2.27. The summed E-state index contributed by atoms with van der Waals surface area (Å²) in [5, 5.41) is 3.09. The molecule has 2 nitrogen and oxygen atoms in total. The molecule has 7 heteroatoms. The van der Waals surface area contributed by atoms with Crippen LogP contribution in [0.3, 0.4) is 0 Å². The van der Waals surface area contributed by atoms with Gasteiger partial charge >= 0.3 is 0 Å². The van der Waals surface area contributed by atoms with Crippen LogP contribution in [0.2, 0.25) is 5.02 Å². The van der Waals surface area contributed by atoms with Crippen molar-refractivity contribution < 1.29 is 13.2 Å². The minimum absolute atomic E-state index is 0. The number of benzene rings is 1. The summed E-state index contributed by atoms with van der Waals surface area (Å²) < 4.78 is 40.7. The lowest BCUT2D eigenvalue weighted by molar-refractivity contribution is 0.141. The van der Waals surface area contributed by atoms with Crippen molar-refractivity contribution in [2.45, 2.75) is 6.04 Å². The van der Waals surface area contributed by atoms with E-state index in [1.165, 1.54) is 0 Å². The number of nitrogens with zero attached hydrogens (tertiary/aromatic N) is 1. The molecule has 0 spiro atoms. The van der Waals surface area contributed by atoms with Gasteiger partial charge in [-0.05, 0) is 12.1 Å². The zero-order chi connectivity index (χ0) is 13.1. The highest BCUT2D eigenvalue weighted by atomic mass is 35.5. The van der Waals surface area contributed by atoms with E-state index in [4.69, 9.17) is 11.6 Å². The summed E-state index contributed by atoms with van der Waals surface area (Å²) in [6, 6.07) is 1.15. The summed E-state index contributed by atoms with van der Waals surface area (Å²) in [7, 11) is 0. The van der Waals surface area contributed by atoms with E-state index in [2.05, 4.69) is 5.32 Å². The van der Waals surface area contributed by atoms with Gasteiger partial charge < -0.3 is 5.32 Å². The van der Waals surface area contributed by atoms with Crippen LogP contribution in [0.4, 0.5) is 13.2 Å². The maximum absolute atomic E-state index is 13.8. The van der Waals surface area contributed by atoms with E-state index < -0.39 is 24.4 Å². The molecule has 1 fully saturated rings. The number of rotatable bonds is 3. The van der Waals surface area contributed by atoms with Gasteiger partial charge in [-0.2, -0.15) is 0 Å². The highest BCUT2D eigenvalue weighted by molar-refractivity contribution is 6.30. The van der Waals surface area contributed by atoms with Crippen LogP contribution in [0.15, 0.2) is 12.1 Å². The van der Waals surface area contributed by atoms with E-state index in [0.29, 0.717) is 26.2 Å². The molecule has 0 aliphatic carbocycles. The molecule has 1 saturated heterocycles. The van der Waals surface area contributed by atoms with Gasteiger partial charge in [0.1, 0.15) is 18.3 Å². The molecule has 1 aliphatic rings. The van der Waals surface area contributed by atoms with Crippen LogP contribution < -0.4 is 5.32 Å². The number of hydrogen-bond acceptors (Lipinski definition) is 2. The topological polar surface area (TPSA) is 15.3 Å². The van der Waals surface area contributed by atoms with Crippen LogP contribution in [0.1, 0.15) is 11.6 Å². The molecule has 0 unspecified atom stereocenters. The molecule has 1 aromatic carbocycles. The van der Waals surface area contributed by atoms with Crippen LogP contribution >= 0.6 is 24.0 Å². The lowest BCUT2D eigenvalue weighted by Crippen LogP contribution is -2.46. The second kappa shape index (κ2) is 7.33. The maximum Gasteiger partial charge on any atom is 0.132 e. The highest BCUT2D eigenvalue weighted by Crippen LogP contribution is 2.29. The first kappa shape index (κ1) is 16.6. The maximum atomic E-state index is 13.8. The van der Waals surface area contributed by atoms with E-state index >= 15 is 0 Å². The molecule has 108 valence electrons. The third-order valence-electron chi connectivity index (χ3n) is 3.12. The third kappa shape index (κ3) is 3.75. The quantitative estimate of drug-likeness (QED) is 0.922. The van der Waals surface area contributed by atoms with Gasteiger partial charge in [0.05, 0.1) is 6.04 Å². The van der Waals surface area contributed by atoms with Crippen LogP contribution in [-0.4, -0.2) is 37.8 Å². The summed E-state index contributed by atoms with van der Waals surface area (Å²) >= 11 is 5.56. The van der Waals surface area contributed by atoms with Crippen LogP contribution in [-0.2, 0) is 0 Å². The molecule has 0 radical (unpaired) electrons. The van der Waals surface area contributed by atoms with Crippen molar-refractivity contribution in [1.29, 1.82) is 0 Å². The van der Waals surface area contributed by atoms with Gasteiger partial charge in [-0.3, -0.25) is 4.90 Å². The number of piperazine rings is 1. The summed E-state index contributed by atoms with van der Waals surface area (Å²) in [4.78, 5) is 1.74.